The van der Waals surface area contributed by atoms with E-state index in [9.17, 15) is 19.5 Å². The maximum Gasteiger partial charge on any atom is 0.313 e. The molecule has 4 aliphatic heterocycles. The molecule has 5 atom stereocenters. The molecule has 4 rings (SSSR count). The van der Waals surface area contributed by atoms with Gasteiger partial charge in [-0.25, -0.2) is 0 Å². The number of hydrogen-bond donors (Lipinski definition) is 1. The van der Waals surface area contributed by atoms with Crippen molar-refractivity contribution in [3.63, 3.8) is 0 Å². The van der Waals surface area contributed by atoms with E-state index >= 15 is 0 Å². The molecule has 0 saturated carbocycles. The molecule has 1 N–H and O–H groups in total. The number of rotatable bonds is 3. The van der Waals surface area contributed by atoms with Gasteiger partial charge < -0.3 is 24.4 Å². The first-order valence-electron chi connectivity index (χ1n) is 11.2. The van der Waals surface area contributed by atoms with Gasteiger partial charge in [-0.15, -0.1) is 0 Å². The summed E-state index contributed by atoms with van der Waals surface area (Å²) < 4.78 is 12.2. The van der Waals surface area contributed by atoms with Crippen molar-refractivity contribution in [2.75, 3.05) is 26.3 Å². The SMILES string of the molecule is CC(C)N1CC=C[C@]23O[C@@]4(C)/C=C\CCCCOC(=O)[C@H]4[C@H]2C(=O)N(CCO)C3C1=O. The van der Waals surface area contributed by atoms with Crippen molar-refractivity contribution in [2.24, 2.45) is 11.8 Å². The lowest BCUT2D eigenvalue weighted by Gasteiger charge is -2.38. The van der Waals surface area contributed by atoms with Crippen LogP contribution in [0.3, 0.4) is 0 Å². The molecule has 0 bridgehead atoms. The largest absolute Gasteiger partial charge is 0.465 e. The smallest absolute Gasteiger partial charge is 0.313 e. The molecular formula is C23H32N2O6. The highest BCUT2D eigenvalue weighted by Crippen LogP contribution is 2.57. The highest BCUT2D eigenvalue weighted by molar-refractivity contribution is 5.99. The maximum atomic E-state index is 13.7. The summed E-state index contributed by atoms with van der Waals surface area (Å²) in [4.78, 5) is 43.6. The predicted molar refractivity (Wildman–Crippen MR) is 112 cm³/mol. The summed E-state index contributed by atoms with van der Waals surface area (Å²) in [5, 5.41) is 9.63. The first kappa shape index (κ1) is 22.0. The number of hydrogen-bond acceptors (Lipinski definition) is 6. The van der Waals surface area contributed by atoms with Crippen LogP contribution in [0.4, 0.5) is 0 Å². The zero-order valence-electron chi connectivity index (χ0n) is 18.5. The average Bonchev–Trinajstić information content (AvgIpc) is 3.02. The van der Waals surface area contributed by atoms with Gasteiger partial charge in [-0.1, -0.05) is 24.3 Å². The lowest BCUT2D eigenvalue weighted by atomic mass is 9.74. The highest BCUT2D eigenvalue weighted by atomic mass is 16.6. The van der Waals surface area contributed by atoms with E-state index in [1.165, 1.54) is 4.90 Å². The van der Waals surface area contributed by atoms with E-state index in [1.54, 1.807) is 17.9 Å². The van der Waals surface area contributed by atoms with Crippen LogP contribution >= 0.6 is 0 Å². The number of amides is 2. The fourth-order valence-electron chi connectivity index (χ4n) is 5.63. The van der Waals surface area contributed by atoms with Crippen molar-refractivity contribution in [1.82, 2.24) is 9.80 Å². The van der Waals surface area contributed by atoms with Crippen LogP contribution in [0.1, 0.15) is 40.0 Å². The molecule has 8 nitrogen and oxygen atoms in total. The Morgan fingerprint density at radius 1 is 1.13 bits per heavy atom. The van der Waals surface area contributed by atoms with Crippen LogP contribution in [0.5, 0.6) is 0 Å². The van der Waals surface area contributed by atoms with Crippen LogP contribution in [0, 0.1) is 11.8 Å². The van der Waals surface area contributed by atoms with Crippen LogP contribution in [-0.2, 0) is 23.9 Å². The molecule has 2 fully saturated rings. The first-order chi connectivity index (χ1) is 14.8. The number of carbonyl (C=O) groups excluding carboxylic acids is 3. The number of β-amino-alcohol motifs (C(OH)–C–C–N with tert-alkyl or cyclic N) is 1. The number of aliphatic hydroxyl groups excluding tert-OH is 1. The molecule has 2 saturated heterocycles. The standard InChI is InChI=1S/C23H32N2O6/c1-15(2)24-11-8-10-23-16(19(27)25(12-13-26)18(23)20(24)28)17-21(29)30-14-7-5-4-6-9-22(17,3)31-23/h6,8-10,15-18,26H,4-5,7,11-14H2,1-3H3/b9-6-/t16-,17+,18?,22-,23-/m0/s1. The molecule has 4 heterocycles. The number of likely N-dealkylation sites (tertiary alicyclic amines) is 1. The molecule has 1 unspecified atom stereocenters. The molecule has 0 aromatic rings. The van der Waals surface area contributed by atoms with E-state index in [1.807, 2.05) is 32.1 Å². The molecule has 31 heavy (non-hydrogen) atoms. The van der Waals surface area contributed by atoms with Gasteiger partial charge in [0.05, 0.1) is 24.7 Å². The van der Waals surface area contributed by atoms with Gasteiger partial charge in [0, 0.05) is 19.1 Å². The Morgan fingerprint density at radius 2 is 1.90 bits per heavy atom. The summed E-state index contributed by atoms with van der Waals surface area (Å²) in [6.45, 7) is 6.06. The monoisotopic (exact) mass is 432 g/mol. The van der Waals surface area contributed by atoms with Gasteiger partial charge in [0.25, 0.3) is 0 Å². The third-order valence-corrected chi connectivity index (χ3v) is 7.00. The number of nitrogens with zero attached hydrogens (tertiary/aromatic N) is 2. The fraction of sp³-hybridized carbons (Fsp3) is 0.696. The van der Waals surface area contributed by atoms with Gasteiger partial charge >= 0.3 is 5.97 Å². The summed E-state index contributed by atoms with van der Waals surface area (Å²) in [6, 6.07) is -1.01. The number of esters is 1. The number of fused-ring (bicyclic) bond motifs is 2. The van der Waals surface area contributed by atoms with E-state index in [-0.39, 0.29) is 31.0 Å². The molecule has 2 amide bonds. The van der Waals surface area contributed by atoms with Crippen LogP contribution < -0.4 is 0 Å². The van der Waals surface area contributed by atoms with Crippen molar-refractivity contribution in [1.29, 1.82) is 0 Å². The Labute approximate surface area is 182 Å². The molecule has 0 radical (unpaired) electrons. The third-order valence-electron chi connectivity index (χ3n) is 7.00. The second-order valence-electron chi connectivity index (χ2n) is 9.30. The Bertz CT molecular complexity index is 823. The Balaban J connectivity index is 1.87. The predicted octanol–water partition coefficient (Wildman–Crippen LogP) is 1.04. The van der Waals surface area contributed by atoms with Gasteiger partial charge in [-0.3, -0.25) is 14.4 Å². The topological polar surface area (TPSA) is 96.4 Å². The van der Waals surface area contributed by atoms with Crippen molar-refractivity contribution >= 4 is 17.8 Å². The van der Waals surface area contributed by atoms with Crippen LogP contribution in [0.15, 0.2) is 24.3 Å². The first-order valence-corrected chi connectivity index (χ1v) is 11.2. The number of ether oxygens (including phenoxy) is 2. The van der Waals surface area contributed by atoms with Crippen molar-refractivity contribution in [2.45, 2.75) is 63.3 Å². The number of cyclic esters (lactones) is 1. The molecule has 4 aliphatic rings. The zero-order chi connectivity index (χ0) is 22.4. The lowest BCUT2D eigenvalue weighted by molar-refractivity contribution is -0.160. The third kappa shape index (κ3) is 3.31. The van der Waals surface area contributed by atoms with E-state index < -0.39 is 35.0 Å². The Kier molecular flexibility index (Phi) is 5.72. The minimum atomic E-state index is -1.29. The molecule has 170 valence electrons. The van der Waals surface area contributed by atoms with E-state index in [4.69, 9.17) is 9.47 Å². The Morgan fingerprint density at radius 3 is 2.61 bits per heavy atom. The van der Waals surface area contributed by atoms with Gasteiger partial charge in [0.1, 0.15) is 17.6 Å². The summed E-state index contributed by atoms with van der Waals surface area (Å²) >= 11 is 0. The molecule has 0 aromatic carbocycles. The molecule has 1 spiro atoms. The average molecular weight is 433 g/mol. The number of carbonyl (C=O) groups is 3. The van der Waals surface area contributed by atoms with Crippen molar-refractivity contribution in [3.8, 4) is 0 Å². The Hall–Kier alpha value is -2.19. The summed E-state index contributed by atoms with van der Waals surface area (Å²) in [6.07, 6.45) is 9.99. The zero-order valence-corrected chi connectivity index (χ0v) is 18.5. The summed E-state index contributed by atoms with van der Waals surface area (Å²) in [5.41, 5.74) is -2.36. The van der Waals surface area contributed by atoms with E-state index in [0.29, 0.717) is 13.2 Å². The van der Waals surface area contributed by atoms with Gasteiger partial charge in [0.15, 0.2) is 0 Å². The molecular weight excluding hydrogens is 400 g/mol. The summed E-state index contributed by atoms with van der Waals surface area (Å²) in [5.74, 6) is -2.81. The minimum absolute atomic E-state index is 0.00491. The second kappa shape index (κ2) is 8.06. The maximum absolute atomic E-state index is 13.7. The normalized spacial score (nSPS) is 39.1. The van der Waals surface area contributed by atoms with Crippen LogP contribution in [0.2, 0.25) is 0 Å². The fourth-order valence-corrected chi connectivity index (χ4v) is 5.63. The van der Waals surface area contributed by atoms with Crippen molar-refractivity contribution in [3.05, 3.63) is 24.3 Å². The lowest BCUT2D eigenvalue weighted by Crippen LogP contribution is -2.57. The number of aliphatic hydroxyl groups is 1. The van der Waals surface area contributed by atoms with E-state index in [0.717, 1.165) is 19.3 Å². The van der Waals surface area contributed by atoms with Gasteiger partial charge in [-0.2, -0.15) is 0 Å². The van der Waals surface area contributed by atoms with Crippen LogP contribution in [-0.4, -0.2) is 82.3 Å². The number of allylic oxidation sites excluding steroid dienone is 1. The van der Waals surface area contributed by atoms with Crippen LogP contribution in [0.25, 0.3) is 0 Å². The van der Waals surface area contributed by atoms with Gasteiger partial charge in [-0.05, 0) is 40.0 Å². The quantitative estimate of drug-likeness (QED) is 0.529. The molecule has 0 aliphatic carbocycles. The molecule has 8 heteroatoms. The molecule has 0 aromatic heterocycles. The second-order valence-corrected chi connectivity index (χ2v) is 9.30. The highest BCUT2D eigenvalue weighted by Gasteiger charge is 2.74. The van der Waals surface area contributed by atoms with Crippen molar-refractivity contribution < 1.29 is 29.0 Å². The summed E-state index contributed by atoms with van der Waals surface area (Å²) in [7, 11) is 0. The van der Waals surface area contributed by atoms with E-state index in [2.05, 4.69) is 0 Å². The van der Waals surface area contributed by atoms with Gasteiger partial charge in [0.2, 0.25) is 11.8 Å². The minimum Gasteiger partial charge on any atom is -0.465 e.